The van der Waals surface area contributed by atoms with Gasteiger partial charge in [0, 0.05) is 10.9 Å². The van der Waals surface area contributed by atoms with Crippen molar-refractivity contribution >= 4 is 11.3 Å². The van der Waals surface area contributed by atoms with Gasteiger partial charge in [-0.2, -0.15) is 0 Å². The SMILES string of the molecule is CCCN1CCCCC(CN)C1c1cccs1. The van der Waals surface area contributed by atoms with Crippen molar-refractivity contribution in [3.8, 4) is 0 Å². The summed E-state index contributed by atoms with van der Waals surface area (Å²) in [4.78, 5) is 4.17. The summed E-state index contributed by atoms with van der Waals surface area (Å²) in [7, 11) is 0. The van der Waals surface area contributed by atoms with Gasteiger partial charge in [0.15, 0.2) is 0 Å². The van der Waals surface area contributed by atoms with Crippen LogP contribution in [0.2, 0.25) is 0 Å². The maximum atomic E-state index is 6.01. The molecule has 1 aliphatic rings. The van der Waals surface area contributed by atoms with E-state index in [1.54, 1.807) is 0 Å². The molecule has 0 radical (unpaired) electrons. The van der Waals surface area contributed by atoms with Crippen LogP contribution in [0.4, 0.5) is 0 Å². The highest BCUT2D eigenvalue weighted by Crippen LogP contribution is 2.36. The Hall–Kier alpha value is -0.380. The summed E-state index contributed by atoms with van der Waals surface area (Å²) < 4.78 is 0. The zero-order valence-electron chi connectivity index (χ0n) is 10.8. The first-order chi connectivity index (χ1) is 8.36. The topological polar surface area (TPSA) is 29.3 Å². The Bertz CT molecular complexity index is 310. The number of likely N-dealkylation sites (tertiary alicyclic amines) is 1. The molecule has 0 amide bonds. The van der Waals surface area contributed by atoms with E-state index in [1.165, 1.54) is 43.6 Å². The molecule has 1 saturated heterocycles. The lowest BCUT2D eigenvalue weighted by molar-refractivity contribution is 0.161. The molecule has 2 atom stereocenters. The van der Waals surface area contributed by atoms with E-state index in [4.69, 9.17) is 5.73 Å². The molecular weight excluding hydrogens is 228 g/mol. The minimum absolute atomic E-state index is 0.572. The van der Waals surface area contributed by atoms with E-state index in [0.29, 0.717) is 12.0 Å². The standard InChI is InChI=1S/C14H24N2S/c1-2-8-16-9-4-3-6-12(11-15)14(16)13-7-5-10-17-13/h5,7,10,12,14H,2-4,6,8-9,11,15H2,1H3. The quantitative estimate of drug-likeness (QED) is 0.891. The van der Waals surface area contributed by atoms with Crippen LogP contribution in [0.5, 0.6) is 0 Å². The van der Waals surface area contributed by atoms with Gasteiger partial charge in [-0.15, -0.1) is 11.3 Å². The van der Waals surface area contributed by atoms with E-state index >= 15 is 0 Å². The van der Waals surface area contributed by atoms with Gasteiger partial charge in [0.1, 0.15) is 0 Å². The smallest absolute Gasteiger partial charge is 0.0481 e. The molecule has 0 bridgehead atoms. The van der Waals surface area contributed by atoms with Gasteiger partial charge in [0.25, 0.3) is 0 Å². The average Bonchev–Trinajstić information content (AvgIpc) is 2.78. The van der Waals surface area contributed by atoms with Crippen molar-refractivity contribution in [1.82, 2.24) is 4.90 Å². The number of hydrogen-bond donors (Lipinski definition) is 1. The van der Waals surface area contributed by atoms with Crippen molar-refractivity contribution in [2.45, 2.75) is 38.6 Å². The third-order valence-electron chi connectivity index (χ3n) is 3.76. The molecule has 0 aromatic carbocycles. The highest BCUT2D eigenvalue weighted by atomic mass is 32.1. The Balaban J connectivity index is 2.22. The highest BCUT2D eigenvalue weighted by Gasteiger charge is 2.30. The number of thiophene rings is 1. The minimum atomic E-state index is 0.572. The van der Waals surface area contributed by atoms with Crippen LogP contribution in [0.3, 0.4) is 0 Å². The number of hydrogen-bond acceptors (Lipinski definition) is 3. The Morgan fingerprint density at radius 3 is 3.00 bits per heavy atom. The molecule has 2 rings (SSSR count). The van der Waals surface area contributed by atoms with Crippen LogP contribution in [0.1, 0.15) is 43.5 Å². The van der Waals surface area contributed by atoms with Crippen LogP contribution >= 0.6 is 11.3 Å². The van der Waals surface area contributed by atoms with Crippen molar-refractivity contribution in [3.63, 3.8) is 0 Å². The number of nitrogens with two attached hydrogens (primary N) is 1. The molecule has 1 aliphatic heterocycles. The van der Waals surface area contributed by atoms with Gasteiger partial charge in [-0.1, -0.05) is 19.4 Å². The first-order valence-corrected chi connectivity index (χ1v) is 7.72. The molecule has 96 valence electrons. The largest absolute Gasteiger partial charge is 0.330 e. The molecule has 2 nitrogen and oxygen atoms in total. The lowest BCUT2D eigenvalue weighted by Crippen LogP contribution is -2.35. The normalized spacial score (nSPS) is 26.9. The third-order valence-corrected chi connectivity index (χ3v) is 4.70. The lowest BCUT2D eigenvalue weighted by atomic mass is 9.93. The summed E-state index contributed by atoms with van der Waals surface area (Å²) in [5.74, 6) is 0.641. The molecule has 2 heterocycles. The molecular formula is C14H24N2S. The fourth-order valence-electron chi connectivity index (χ4n) is 2.97. The third kappa shape index (κ3) is 3.09. The molecule has 0 spiro atoms. The summed E-state index contributed by atoms with van der Waals surface area (Å²) in [6.07, 6.45) is 5.20. The van der Waals surface area contributed by atoms with Crippen LogP contribution in [0.15, 0.2) is 17.5 Å². The van der Waals surface area contributed by atoms with E-state index in [9.17, 15) is 0 Å². The zero-order chi connectivity index (χ0) is 12.1. The first-order valence-electron chi connectivity index (χ1n) is 6.84. The van der Waals surface area contributed by atoms with Gasteiger partial charge in [-0.05, 0) is 56.3 Å². The maximum Gasteiger partial charge on any atom is 0.0481 e. The van der Waals surface area contributed by atoms with Crippen LogP contribution in [0, 0.1) is 5.92 Å². The second-order valence-electron chi connectivity index (χ2n) is 4.99. The fourth-order valence-corrected chi connectivity index (χ4v) is 3.93. The second-order valence-corrected chi connectivity index (χ2v) is 5.97. The van der Waals surface area contributed by atoms with Crippen molar-refractivity contribution in [3.05, 3.63) is 22.4 Å². The number of nitrogens with zero attached hydrogens (tertiary/aromatic N) is 1. The van der Waals surface area contributed by atoms with E-state index in [-0.39, 0.29) is 0 Å². The Morgan fingerprint density at radius 2 is 2.35 bits per heavy atom. The zero-order valence-corrected chi connectivity index (χ0v) is 11.6. The number of rotatable bonds is 4. The van der Waals surface area contributed by atoms with E-state index < -0.39 is 0 Å². The molecule has 0 saturated carbocycles. The predicted molar refractivity (Wildman–Crippen MR) is 75.3 cm³/mol. The minimum Gasteiger partial charge on any atom is -0.330 e. The molecule has 2 unspecified atom stereocenters. The molecule has 1 aromatic heterocycles. The fraction of sp³-hybridized carbons (Fsp3) is 0.714. The van der Waals surface area contributed by atoms with E-state index in [2.05, 4.69) is 29.3 Å². The molecule has 3 heteroatoms. The summed E-state index contributed by atoms with van der Waals surface area (Å²) in [5.41, 5.74) is 6.01. The van der Waals surface area contributed by atoms with E-state index in [1.807, 2.05) is 11.3 Å². The lowest BCUT2D eigenvalue weighted by Gasteiger charge is -2.33. The van der Waals surface area contributed by atoms with Crippen molar-refractivity contribution in [2.24, 2.45) is 11.7 Å². The predicted octanol–water partition coefficient (Wildman–Crippen LogP) is 3.26. The van der Waals surface area contributed by atoms with Crippen molar-refractivity contribution in [1.29, 1.82) is 0 Å². The molecule has 17 heavy (non-hydrogen) atoms. The molecule has 2 N–H and O–H groups in total. The van der Waals surface area contributed by atoms with Crippen LogP contribution in [0.25, 0.3) is 0 Å². The van der Waals surface area contributed by atoms with Gasteiger partial charge < -0.3 is 5.73 Å². The molecule has 1 aromatic rings. The van der Waals surface area contributed by atoms with Gasteiger partial charge in [-0.25, -0.2) is 0 Å². The first kappa shape index (κ1) is 13.1. The Morgan fingerprint density at radius 1 is 1.47 bits per heavy atom. The van der Waals surface area contributed by atoms with Gasteiger partial charge in [0.05, 0.1) is 0 Å². The highest BCUT2D eigenvalue weighted by molar-refractivity contribution is 7.10. The van der Waals surface area contributed by atoms with Gasteiger partial charge >= 0.3 is 0 Å². The Labute approximate surface area is 109 Å². The second kappa shape index (κ2) is 6.53. The van der Waals surface area contributed by atoms with Crippen LogP contribution in [-0.4, -0.2) is 24.5 Å². The van der Waals surface area contributed by atoms with E-state index in [0.717, 1.165) is 6.54 Å². The monoisotopic (exact) mass is 252 g/mol. The summed E-state index contributed by atoms with van der Waals surface area (Å²) >= 11 is 1.89. The molecule has 0 aliphatic carbocycles. The van der Waals surface area contributed by atoms with Gasteiger partial charge in [0.2, 0.25) is 0 Å². The van der Waals surface area contributed by atoms with Crippen LogP contribution < -0.4 is 5.73 Å². The molecule has 1 fully saturated rings. The van der Waals surface area contributed by atoms with Gasteiger partial charge in [-0.3, -0.25) is 4.90 Å². The van der Waals surface area contributed by atoms with Crippen LogP contribution in [-0.2, 0) is 0 Å². The summed E-state index contributed by atoms with van der Waals surface area (Å²) in [6, 6.07) is 5.02. The maximum absolute atomic E-state index is 6.01. The summed E-state index contributed by atoms with van der Waals surface area (Å²) in [5, 5.41) is 2.19. The average molecular weight is 252 g/mol. The van der Waals surface area contributed by atoms with Crippen molar-refractivity contribution in [2.75, 3.05) is 19.6 Å². The van der Waals surface area contributed by atoms with Crippen molar-refractivity contribution < 1.29 is 0 Å². The Kier molecular flexibility index (Phi) is 5.01. The summed E-state index contributed by atoms with van der Waals surface area (Å²) in [6.45, 7) is 5.54.